The van der Waals surface area contributed by atoms with E-state index >= 15 is 0 Å². The summed E-state index contributed by atoms with van der Waals surface area (Å²) in [5.74, 6) is 0.774. The van der Waals surface area contributed by atoms with Gasteiger partial charge in [-0.3, -0.25) is 4.79 Å². The van der Waals surface area contributed by atoms with E-state index in [0.717, 1.165) is 37.2 Å². The number of rotatable bonds is 3. The fourth-order valence-corrected chi connectivity index (χ4v) is 3.84. The molecule has 106 valence electrons. The largest absolute Gasteiger partial charge is 0.338 e. The van der Waals surface area contributed by atoms with Gasteiger partial charge in [0.05, 0.1) is 4.88 Å². The molecule has 0 aliphatic carbocycles. The van der Waals surface area contributed by atoms with Crippen LogP contribution < -0.4 is 5.73 Å². The predicted octanol–water partition coefficient (Wildman–Crippen LogP) is 2.82. The van der Waals surface area contributed by atoms with Crippen LogP contribution in [-0.2, 0) is 6.42 Å². The van der Waals surface area contributed by atoms with Crippen molar-refractivity contribution in [2.24, 2.45) is 11.7 Å². The molecule has 0 aromatic carbocycles. The van der Waals surface area contributed by atoms with Crippen LogP contribution in [0, 0.1) is 12.8 Å². The van der Waals surface area contributed by atoms with Crippen molar-refractivity contribution in [2.75, 3.05) is 13.1 Å². The van der Waals surface area contributed by atoms with Crippen molar-refractivity contribution < 1.29 is 4.79 Å². The van der Waals surface area contributed by atoms with Crippen molar-refractivity contribution in [3.05, 3.63) is 21.4 Å². The van der Waals surface area contributed by atoms with Gasteiger partial charge in [0, 0.05) is 24.0 Å². The van der Waals surface area contributed by atoms with E-state index < -0.39 is 0 Å². The smallest absolute Gasteiger partial charge is 0.263 e. The number of hydrogen-bond acceptors (Lipinski definition) is 3. The summed E-state index contributed by atoms with van der Waals surface area (Å²) in [6.45, 7) is 8.00. The molecule has 1 amide bonds. The number of likely N-dealkylation sites (tertiary alicyclic amines) is 1. The van der Waals surface area contributed by atoms with E-state index in [4.69, 9.17) is 5.73 Å². The van der Waals surface area contributed by atoms with Gasteiger partial charge in [-0.2, -0.15) is 0 Å². The highest BCUT2D eigenvalue weighted by Gasteiger charge is 2.26. The molecule has 0 bridgehead atoms. The summed E-state index contributed by atoms with van der Waals surface area (Å²) >= 11 is 1.65. The maximum atomic E-state index is 12.5. The number of carbonyl (C=O) groups excluding carboxylic acids is 1. The van der Waals surface area contributed by atoms with Crippen molar-refractivity contribution in [3.63, 3.8) is 0 Å². The van der Waals surface area contributed by atoms with Gasteiger partial charge in [-0.05, 0) is 50.7 Å². The van der Waals surface area contributed by atoms with Crippen molar-refractivity contribution in [1.29, 1.82) is 0 Å². The lowest BCUT2D eigenvalue weighted by molar-refractivity contribution is 0.0686. The Balaban J connectivity index is 2.01. The Morgan fingerprint density at radius 2 is 2.16 bits per heavy atom. The number of hydrogen-bond donors (Lipinski definition) is 1. The van der Waals surface area contributed by atoms with Crippen LogP contribution in [0.5, 0.6) is 0 Å². The number of piperidine rings is 1. The molecule has 3 nitrogen and oxygen atoms in total. The van der Waals surface area contributed by atoms with Gasteiger partial charge in [0.2, 0.25) is 0 Å². The Hall–Kier alpha value is -0.870. The molecule has 2 N–H and O–H groups in total. The molecule has 4 heteroatoms. The zero-order valence-electron chi connectivity index (χ0n) is 12.1. The van der Waals surface area contributed by atoms with E-state index in [2.05, 4.69) is 20.8 Å². The third-order valence-electron chi connectivity index (χ3n) is 4.12. The first-order chi connectivity index (χ1) is 9.02. The van der Waals surface area contributed by atoms with Gasteiger partial charge in [-0.15, -0.1) is 11.3 Å². The predicted molar refractivity (Wildman–Crippen MR) is 80.7 cm³/mol. The van der Waals surface area contributed by atoms with Crippen LogP contribution in [0.3, 0.4) is 0 Å². The van der Waals surface area contributed by atoms with Crippen LogP contribution in [0.2, 0.25) is 0 Å². The molecule has 0 saturated carbocycles. The van der Waals surface area contributed by atoms with Gasteiger partial charge < -0.3 is 10.6 Å². The fraction of sp³-hybridized carbons (Fsp3) is 0.667. The molecule has 1 atom stereocenters. The highest BCUT2D eigenvalue weighted by molar-refractivity contribution is 7.14. The lowest BCUT2D eigenvalue weighted by atomic mass is 9.91. The van der Waals surface area contributed by atoms with E-state index in [-0.39, 0.29) is 11.9 Å². The molecule has 1 aromatic heterocycles. The summed E-state index contributed by atoms with van der Waals surface area (Å²) in [6.07, 6.45) is 3.08. The minimum Gasteiger partial charge on any atom is -0.338 e. The summed E-state index contributed by atoms with van der Waals surface area (Å²) in [6, 6.07) is 2.29. The maximum absolute atomic E-state index is 12.5. The van der Waals surface area contributed by atoms with Crippen molar-refractivity contribution >= 4 is 17.2 Å². The third-order valence-corrected chi connectivity index (χ3v) is 5.49. The first-order valence-electron chi connectivity index (χ1n) is 7.17. The lowest BCUT2D eigenvalue weighted by Crippen LogP contribution is -2.42. The normalized spacial score (nSPS) is 18.6. The van der Waals surface area contributed by atoms with Crippen molar-refractivity contribution in [3.8, 4) is 0 Å². The average molecular weight is 280 g/mol. The number of nitrogens with two attached hydrogens (primary N) is 1. The minimum absolute atomic E-state index is 0.205. The standard InChI is InChI=1S/C15H24N2OS/c1-4-13-10(2)9-14(19-13)15(18)17-7-5-12(6-8-17)11(3)16/h9,11-12H,4-8,16H2,1-3H3. The first kappa shape index (κ1) is 14.5. The van der Waals surface area contributed by atoms with Gasteiger partial charge in [0.1, 0.15) is 0 Å². The highest BCUT2D eigenvalue weighted by Crippen LogP contribution is 2.26. The zero-order chi connectivity index (χ0) is 14.0. The summed E-state index contributed by atoms with van der Waals surface area (Å²) in [5.41, 5.74) is 7.19. The molecule has 1 aromatic rings. The molecule has 1 unspecified atom stereocenters. The molecular formula is C15H24N2OS. The van der Waals surface area contributed by atoms with Crippen LogP contribution in [0.25, 0.3) is 0 Å². The molecule has 1 aliphatic heterocycles. The Morgan fingerprint density at radius 3 is 2.63 bits per heavy atom. The van der Waals surface area contributed by atoms with E-state index in [1.54, 1.807) is 11.3 Å². The zero-order valence-corrected chi connectivity index (χ0v) is 12.9. The van der Waals surface area contributed by atoms with Crippen LogP contribution in [0.4, 0.5) is 0 Å². The molecule has 2 rings (SSSR count). The third kappa shape index (κ3) is 3.18. The van der Waals surface area contributed by atoms with E-state index in [0.29, 0.717) is 5.92 Å². The highest BCUT2D eigenvalue weighted by atomic mass is 32.1. The molecule has 2 heterocycles. The maximum Gasteiger partial charge on any atom is 0.263 e. The van der Waals surface area contributed by atoms with Gasteiger partial charge in [0.25, 0.3) is 5.91 Å². The van der Waals surface area contributed by atoms with E-state index in [9.17, 15) is 4.79 Å². The van der Waals surface area contributed by atoms with Crippen LogP contribution in [0.1, 0.15) is 46.8 Å². The monoisotopic (exact) mass is 280 g/mol. The number of thiophene rings is 1. The van der Waals surface area contributed by atoms with Gasteiger partial charge in [0.15, 0.2) is 0 Å². The van der Waals surface area contributed by atoms with Crippen molar-refractivity contribution in [2.45, 2.75) is 46.1 Å². The molecule has 1 fully saturated rings. The van der Waals surface area contributed by atoms with E-state index in [1.807, 2.05) is 11.0 Å². The Morgan fingerprint density at radius 1 is 1.53 bits per heavy atom. The second kappa shape index (κ2) is 6.06. The summed E-state index contributed by atoms with van der Waals surface area (Å²) in [5, 5.41) is 0. The lowest BCUT2D eigenvalue weighted by Gasteiger charge is -2.33. The van der Waals surface area contributed by atoms with Crippen molar-refractivity contribution in [1.82, 2.24) is 4.90 Å². The quantitative estimate of drug-likeness (QED) is 0.925. The SMILES string of the molecule is CCc1sc(C(=O)N2CCC(C(C)N)CC2)cc1C. The van der Waals surface area contributed by atoms with Crippen LogP contribution in [-0.4, -0.2) is 29.9 Å². The Kier molecular flexibility index (Phi) is 4.63. The molecular weight excluding hydrogens is 256 g/mol. The summed E-state index contributed by atoms with van der Waals surface area (Å²) < 4.78 is 0. The number of nitrogens with zero attached hydrogens (tertiary/aromatic N) is 1. The molecule has 0 radical (unpaired) electrons. The topological polar surface area (TPSA) is 46.3 Å². The van der Waals surface area contributed by atoms with Gasteiger partial charge in [-0.25, -0.2) is 0 Å². The number of aryl methyl sites for hydroxylation is 2. The molecule has 0 spiro atoms. The molecule has 19 heavy (non-hydrogen) atoms. The Bertz CT molecular complexity index is 445. The summed E-state index contributed by atoms with van der Waals surface area (Å²) in [7, 11) is 0. The number of amides is 1. The molecule has 1 saturated heterocycles. The second-order valence-electron chi connectivity index (χ2n) is 5.56. The van der Waals surface area contributed by atoms with E-state index in [1.165, 1.54) is 10.4 Å². The van der Waals surface area contributed by atoms with Crippen LogP contribution >= 0.6 is 11.3 Å². The average Bonchev–Trinajstić information content (AvgIpc) is 2.79. The van der Waals surface area contributed by atoms with Crippen LogP contribution in [0.15, 0.2) is 6.07 Å². The summed E-state index contributed by atoms with van der Waals surface area (Å²) in [4.78, 5) is 16.7. The first-order valence-corrected chi connectivity index (χ1v) is 7.98. The minimum atomic E-state index is 0.205. The Labute approximate surface area is 119 Å². The van der Waals surface area contributed by atoms with Gasteiger partial charge >= 0.3 is 0 Å². The molecule has 1 aliphatic rings. The fourth-order valence-electron chi connectivity index (χ4n) is 2.76. The van der Waals surface area contributed by atoms with Gasteiger partial charge in [-0.1, -0.05) is 6.92 Å². The number of carbonyl (C=O) groups is 1. The second-order valence-corrected chi connectivity index (χ2v) is 6.70.